The predicted molar refractivity (Wildman–Crippen MR) is 68.0 cm³/mol. The lowest BCUT2D eigenvalue weighted by Gasteiger charge is -2.22. The van der Waals surface area contributed by atoms with E-state index >= 15 is 0 Å². The molecule has 0 radical (unpaired) electrons. The summed E-state index contributed by atoms with van der Waals surface area (Å²) in [5.41, 5.74) is 1.55. The fraction of sp³-hybridized carbons (Fsp3) is 0.429. The fourth-order valence-electron chi connectivity index (χ4n) is 2.29. The SMILES string of the molecule is OC(Cn1cc(C2CCC2)nn1)c1cccc(F)c1. The van der Waals surface area contributed by atoms with E-state index in [-0.39, 0.29) is 5.82 Å². The molecule has 100 valence electrons. The van der Waals surface area contributed by atoms with Crippen LogP contribution in [0, 0.1) is 5.82 Å². The Labute approximate surface area is 110 Å². The van der Waals surface area contributed by atoms with Crippen LogP contribution >= 0.6 is 0 Å². The largest absolute Gasteiger partial charge is 0.386 e. The third-order valence-corrected chi connectivity index (χ3v) is 3.67. The molecule has 0 bridgehead atoms. The van der Waals surface area contributed by atoms with E-state index in [1.54, 1.807) is 16.8 Å². The van der Waals surface area contributed by atoms with Crippen LogP contribution in [0.15, 0.2) is 30.5 Å². The Hall–Kier alpha value is -1.75. The van der Waals surface area contributed by atoms with Gasteiger partial charge in [0, 0.05) is 12.1 Å². The predicted octanol–water partition coefficient (Wildman–Crippen LogP) is 2.42. The molecule has 4 nitrogen and oxygen atoms in total. The smallest absolute Gasteiger partial charge is 0.123 e. The second-order valence-corrected chi connectivity index (χ2v) is 5.06. The standard InChI is InChI=1S/C14H16FN3O/c15-12-6-2-5-11(7-12)14(19)9-18-8-13(16-17-18)10-3-1-4-10/h2,5-8,10,14,19H,1,3-4,9H2. The number of aliphatic hydroxyl groups is 1. The van der Waals surface area contributed by atoms with Gasteiger partial charge in [-0.1, -0.05) is 23.8 Å². The highest BCUT2D eigenvalue weighted by molar-refractivity contribution is 5.18. The lowest BCUT2D eigenvalue weighted by molar-refractivity contribution is 0.150. The number of hydrogen-bond donors (Lipinski definition) is 1. The highest BCUT2D eigenvalue weighted by Gasteiger charge is 2.22. The van der Waals surface area contributed by atoms with Crippen LogP contribution in [0.3, 0.4) is 0 Å². The molecule has 2 aromatic rings. The average Bonchev–Trinajstić information content (AvgIpc) is 2.75. The van der Waals surface area contributed by atoms with E-state index < -0.39 is 6.10 Å². The summed E-state index contributed by atoms with van der Waals surface area (Å²) >= 11 is 0. The zero-order chi connectivity index (χ0) is 13.2. The van der Waals surface area contributed by atoms with Gasteiger partial charge < -0.3 is 5.11 Å². The van der Waals surface area contributed by atoms with Crippen LogP contribution in [0.5, 0.6) is 0 Å². The molecule has 1 aromatic heterocycles. The Morgan fingerprint density at radius 3 is 2.95 bits per heavy atom. The summed E-state index contributed by atoms with van der Waals surface area (Å²) in [6.07, 6.45) is 4.71. The summed E-state index contributed by atoms with van der Waals surface area (Å²) in [5.74, 6) is 0.186. The molecule has 0 saturated heterocycles. The van der Waals surface area contributed by atoms with Gasteiger partial charge in [-0.25, -0.2) is 9.07 Å². The normalized spacial score (nSPS) is 17.2. The summed E-state index contributed by atoms with van der Waals surface area (Å²) in [5, 5.41) is 18.2. The first-order valence-corrected chi connectivity index (χ1v) is 6.56. The van der Waals surface area contributed by atoms with Crippen molar-refractivity contribution in [1.29, 1.82) is 0 Å². The lowest BCUT2D eigenvalue weighted by atomic mass is 9.83. The minimum atomic E-state index is -0.772. The van der Waals surface area contributed by atoms with Crippen molar-refractivity contribution in [1.82, 2.24) is 15.0 Å². The van der Waals surface area contributed by atoms with Gasteiger partial charge in [0.05, 0.1) is 18.3 Å². The summed E-state index contributed by atoms with van der Waals surface area (Å²) < 4.78 is 14.7. The molecule has 1 fully saturated rings. The molecule has 5 heteroatoms. The Kier molecular flexibility index (Phi) is 3.29. The van der Waals surface area contributed by atoms with E-state index in [1.807, 2.05) is 6.20 Å². The molecular weight excluding hydrogens is 245 g/mol. The van der Waals surface area contributed by atoms with Crippen LogP contribution in [-0.2, 0) is 6.54 Å². The van der Waals surface area contributed by atoms with E-state index in [9.17, 15) is 9.50 Å². The Morgan fingerprint density at radius 1 is 1.42 bits per heavy atom. The quantitative estimate of drug-likeness (QED) is 0.919. The zero-order valence-corrected chi connectivity index (χ0v) is 10.5. The molecule has 1 aliphatic rings. The van der Waals surface area contributed by atoms with Crippen molar-refractivity contribution in [3.63, 3.8) is 0 Å². The van der Waals surface area contributed by atoms with Crippen LogP contribution in [0.1, 0.15) is 42.5 Å². The molecule has 1 saturated carbocycles. The third kappa shape index (κ3) is 2.66. The van der Waals surface area contributed by atoms with Crippen LogP contribution in [-0.4, -0.2) is 20.1 Å². The van der Waals surface area contributed by atoms with Gasteiger partial charge in [0.15, 0.2) is 0 Å². The highest BCUT2D eigenvalue weighted by atomic mass is 19.1. The summed E-state index contributed by atoms with van der Waals surface area (Å²) in [6.45, 7) is 0.295. The van der Waals surface area contributed by atoms with Crippen molar-refractivity contribution < 1.29 is 9.50 Å². The summed E-state index contributed by atoms with van der Waals surface area (Å²) in [4.78, 5) is 0. The Balaban J connectivity index is 1.68. The molecule has 19 heavy (non-hydrogen) atoms. The monoisotopic (exact) mass is 261 g/mol. The molecular formula is C14H16FN3O. The second-order valence-electron chi connectivity index (χ2n) is 5.06. The first-order chi connectivity index (χ1) is 9.22. The number of nitrogens with zero attached hydrogens (tertiary/aromatic N) is 3. The van der Waals surface area contributed by atoms with Crippen LogP contribution < -0.4 is 0 Å². The van der Waals surface area contributed by atoms with Crippen molar-refractivity contribution in [2.45, 2.75) is 37.8 Å². The average molecular weight is 261 g/mol. The molecule has 0 spiro atoms. The van der Waals surface area contributed by atoms with Crippen LogP contribution in [0.2, 0.25) is 0 Å². The highest BCUT2D eigenvalue weighted by Crippen LogP contribution is 2.34. The van der Waals surface area contributed by atoms with Gasteiger partial charge in [0.1, 0.15) is 5.82 Å². The van der Waals surface area contributed by atoms with Gasteiger partial charge in [-0.15, -0.1) is 5.10 Å². The van der Waals surface area contributed by atoms with Gasteiger partial charge >= 0.3 is 0 Å². The van der Waals surface area contributed by atoms with Crippen LogP contribution in [0.25, 0.3) is 0 Å². The lowest BCUT2D eigenvalue weighted by Crippen LogP contribution is -2.10. The van der Waals surface area contributed by atoms with Gasteiger partial charge in [-0.2, -0.15) is 0 Å². The first-order valence-electron chi connectivity index (χ1n) is 6.56. The summed E-state index contributed by atoms with van der Waals surface area (Å²) in [6, 6.07) is 6.00. The van der Waals surface area contributed by atoms with Crippen molar-refractivity contribution in [2.75, 3.05) is 0 Å². The Morgan fingerprint density at radius 2 is 2.26 bits per heavy atom. The second kappa shape index (κ2) is 5.09. The van der Waals surface area contributed by atoms with Crippen molar-refractivity contribution >= 4 is 0 Å². The maximum atomic E-state index is 13.1. The molecule has 0 aliphatic heterocycles. The number of benzene rings is 1. The van der Waals surface area contributed by atoms with Gasteiger partial charge in [-0.3, -0.25) is 0 Å². The molecule has 1 atom stereocenters. The summed E-state index contributed by atoms with van der Waals surface area (Å²) in [7, 11) is 0. The third-order valence-electron chi connectivity index (χ3n) is 3.67. The topological polar surface area (TPSA) is 50.9 Å². The molecule has 1 aliphatic carbocycles. The van der Waals surface area contributed by atoms with E-state index in [1.165, 1.54) is 31.4 Å². The number of aromatic nitrogens is 3. The Bertz CT molecular complexity index is 565. The van der Waals surface area contributed by atoms with E-state index in [2.05, 4.69) is 10.3 Å². The van der Waals surface area contributed by atoms with E-state index in [0.717, 1.165) is 5.69 Å². The maximum absolute atomic E-state index is 13.1. The molecule has 1 N–H and O–H groups in total. The molecule has 3 rings (SSSR count). The van der Waals surface area contributed by atoms with E-state index in [0.29, 0.717) is 18.0 Å². The maximum Gasteiger partial charge on any atom is 0.123 e. The minimum Gasteiger partial charge on any atom is -0.386 e. The number of hydrogen-bond acceptors (Lipinski definition) is 3. The fourth-order valence-corrected chi connectivity index (χ4v) is 2.29. The van der Waals surface area contributed by atoms with Crippen molar-refractivity contribution in [2.24, 2.45) is 0 Å². The molecule has 1 unspecified atom stereocenters. The number of halogens is 1. The molecule has 1 aromatic carbocycles. The molecule has 1 heterocycles. The van der Waals surface area contributed by atoms with Gasteiger partial charge in [-0.05, 0) is 30.5 Å². The van der Waals surface area contributed by atoms with Crippen molar-refractivity contribution in [3.05, 3.63) is 47.5 Å². The minimum absolute atomic E-state index is 0.295. The number of rotatable bonds is 4. The van der Waals surface area contributed by atoms with Crippen LogP contribution in [0.4, 0.5) is 4.39 Å². The molecule has 0 amide bonds. The number of aliphatic hydroxyl groups excluding tert-OH is 1. The van der Waals surface area contributed by atoms with Crippen molar-refractivity contribution in [3.8, 4) is 0 Å². The first kappa shape index (κ1) is 12.3. The van der Waals surface area contributed by atoms with E-state index in [4.69, 9.17) is 0 Å². The van der Waals surface area contributed by atoms with Gasteiger partial charge in [0.25, 0.3) is 0 Å². The zero-order valence-electron chi connectivity index (χ0n) is 10.5. The van der Waals surface area contributed by atoms with Gasteiger partial charge in [0.2, 0.25) is 0 Å².